The number of hydrogen-bond donors (Lipinski definition) is 0. The van der Waals surface area contributed by atoms with E-state index in [2.05, 4.69) is 0 Å². The predicted octanol–water partition coefficient (Wildman–Crippen LogP) is 3.92. The summed E-state index contributed by atoms with van der Waals surface area (Å²) in [5.41, 5.74) is 1.70. The van der Waals surface area contributed by atoms with Crippen LogP contribution in [0.1, 0.15) is 27.7 Å². The quantitative estimate of drug-likeness (QED) is 0.347. The molecular formula is C19H16BaClNO2S. The number of nitrogens with zero attached hydrogens (tertiary/aromatic N) is 1. The van der Waals surface area contributed by atoms with Crippen LogP contribution in [0.15, 0.2) is 54.6 Å². The van der Waals surface area contributed by atoms with Gasteiger partial charge in [-0.2, -0.15) is 6.41 Å². The van der Waals surface area contributed by atoms with Gasteiger partial charge >= 0.3 is 48.9 Å². The van der Waals surface area contributed by atoms with Gasteiger partial charge in [-0.25, -0.2) is 0 Å². The largest absolute Gasteiger partial charge is 2.00 e. The zero-order valence-electron chi connectivity index (χ0n) is 13.6. The summed E-state index contributed by atoms with van der Waals surface area (Å²) < 4.78 is 0. The minimum Gasteiger partial charge on any atom is -0.524 e. The van der Waals surface area contributed by atoms with E-state index in [-0.39, 0.29) is 72.5 Å². The second-order valence-electron chi connectivity index (χ2n) is 5.53. The number of amides is 1. The van der Waals surface area contributed by atoms with Crippen LogP contribution in [0.3, 0.4) is 0 Å². The number of Topliss-reactive ketones (excluding diaryl/α,β-unsaturated/α-hetero) is 1. The molecule has 1 amide bonds. The van der Waals surface area contributed by atoms with Crippen molar-refractivity contribution in [2.75, 3.05) is 5.75 Å². The molecule has 1 saturated heterocycles. The smallest absolute Gasteiger partial charge is 0.524 e. The minimum atomic E-state index is -0.0889. The van der Waals surface area contributed by atoms with E-state index in [0.717, 1.165) is 11.3 Å². The molecule has 3 rings (SSSR count). The zero-order chi connectivity index (χ0) is 16.9. The molecule has 25 heavy (non-hydrogen) atoms. The Morgan fingerprint density at radius 1 is 1.20 bits per heavy atom. The van der Waals surface area contributed by atoms with Crippen molar-refractivity contribution in [1.82, 2.24) is 4.90 Å². The van der Waals surface area contributed by atoms with E-state index in [9.17, 15) is 9.59 Å². The molecule has 3 nitrogen and oxygen atoms in total. The number of benzene rings is 2. The summed E-state index contributed by atoms with van der Waals surface area (Å²) in [5.74, 6) is 0.786. The maximum atomic E-state index is 12.3. The Labute approximate surface area is 197 Å². The monoisotopic (exact) mass is 495 g/mol. The summed E-state index contributed by atoms with van der Waals surface area (Å²) in [6.45, 7) is 0. The van der Waals surface area contributed by atoms with Crippen LogP contribution >= 0.6 is 23.4 Å². The molecule has 0 radical (unpaired) electrons. The fourth-order valence-corrected chi connectivity index (χ4v) is 4.20. The zero-order valence-corrected chi connectivity index (χ0v) is 19.6. The summed E-state index contributed by atoms with van der Waals surface area (Å²) in [7, 11) is 0. The van der Waals surface area contributed by atoms with Gasteiger partial charge in [0.1, 0.15) is 5.78 Å². The van der Waals surface area contributed by atoms with E-state index in [1.807, 2.05) is 43.2 Å². The molecule has 2 unspecified atom stereocenters. The van der Waals surface area contributed by atoms with Crippen LogP contribution in [-0.4, -0.2) is 77.8 Å². The first kappa shape index (κ1) is 21.1. The van der Waals surface area contributed by atoms with E-state index in [0.29, 0.717) is 10.6 Å². The number of carbonyl (C=O) groups excluding carboxylic acids is 2. The minimum absolute atomic E-state index is 0. The average Bonchev–Trinajstić information content (AvgIpc) is 3.04. The van der Waals surface area contributed by atoms with Crippen LogP contribution in [0.5, 0.6) is 0 Å². The standard InChI is InChI=1S/C19H16ClNO2S.Ba/c20-16-8-6-14(7-9-16)18(23)11-10-17-12-24-19(21(17)13-22)15-4-2-1-3-5-15;/h1-10,17,19H,11-12H2;/q-2;+2. The van der Waals surface area contributed by atoms with Gasteiger partial charge in [0, 0.05) is 10.6 Å². The van der Waals surface area contributed by atoms with Gasteiger partial charge in [0.05, 0.1) is 5.37 Å². The van der Waals surface area contributed by atoms with Crippen molar-refractivity contribution in [1.29, 1.82) is 0 Å². The number of rotatable bonds is 6. The van der Waals surface area contributed by atoms with Gasteiger partial charge in [-0.3, -0.25) is 4.79 Å². The molecule has 0 saturated carbocycles. The van der Waals surface area contributed by atoms with Crippen LogP contribution in [-0.2, 0) is 4.79 Å². The normalized spacial score (nSPS) is 19.3. The van der Waals surface area contributed by atoms with Crippen LogP contribution in [0.4, 0.5) is 0 Å². The average molecular weight is 495 g/mol. The number of halogens is 1. The molecule has 1 fully saturated rings. The molecule has 1 heterocycles. The van der Waals surface area contributed by atoms with Gasteiger partial charge < -0.3 is 16.1 Å². The number of ketones is 1. The van der Waals surface area contributed by atoms with Crippen molar-refractivity contribution in [3.8, 4) is 0 Å². The Hall–Kier alpha value is -0.209. The second kappa shape index (κ2) is 10.2. The van der Waals surface area contributed by atoms with E-state index >= 15 is 0 Å². The molecule has 1 aliphatic heterocycles. The molecule has 0 spiro atoms. The summed E-state index contributed by atoms with van der Waals surface area (Å²) in [6, 6.07) is 16.6. The fourth-order valence-electron chi connectivity index (χ4n) is 2.69. The Morgan fingerprint density at radius 3 is 2.52 bits per heavy atom. The number of hydrogen-bond acceptors (Lipinski definition) is 3. The van der Waals surface area contributed by atoms with Crippen molar-refractivity contribution >= 4 is 84.4 Å². The fraction of sp³-hybridized carbons (Fsp3) is 0.211. The summed E-state index contributed by atoms with van der Waals surface area (Å²) in [6.07, 6.45) is 4.22. The van der Waals surface area contributed by atoms with E-state index < -0.39 is 0 Å². The number of carbonyl (C=O) groups is 1. The third-order valence-corrected chi connectivity index (χ3v) is 5.57. The molecule has 2 atom stereocenters. The van der Waals surface area contributed by atoms with Crippen LogP contribution < -0.4 is 0 Å². The summed E-state index contributed by atoms with van der Waals surface area (Å²) >= 11 is 7.53. The van der Waals surface area contributed by atoms with Crippen molar-refractivity contribution in [2.45, 2.75) is 17.8 Å². The molecule has 2 aromatic rings. The molecule has 2 aromatic carbocycles. The molecule has 6 heteroatoms. The van der Waals surface area contributed by atoms with Crippen molar-refractivity contribution < 1.29 is 9.59 Å². The SMILES string of the molecule is O=[C-]N1C([CH-]CC(=O)c2ccc(Cl)cc2)CSC1c1ccccc1.[Ba+2]. The Balaban J connectivity index is 0.00000225. The first-order chi connectivity index (χ1) is 11.7. The van der Waals surface area contributed by atoms with Gasteiger partial charge in [-0.1, -0.05) is 54.1 Å². The summed E-state index contributed by atoms with van der Waals surface area (Å²) in [4.78, 5) is 25.3. The van der Waals surface area contributed by atoms with Crippen LogP contribution in [0.25, 0.3) is 0 Å². The first-order valence-corrected chi connectivity index (χ1v) is 9.06. The van der Waals surface area contributed by atoms with Crippen molar-refractivity contribution in [2.24, 2.45) is 0 Å². The van der Waals surface area contributed by atoms with Crippen molar-refractivity contribution in [3.05, 3.63) is 77.2 Å². The van der Waals surface area contributed by atoms with Crippen molar-refractivity contribution in [3.63, 3.8) is 0 Å². The third kappa shape index (κ3) is 5.39. The predicted molar refractivity (Wildman–Crippen MR) is 103 cm³/mol. The first-order valence-electron chi connectivity index (χ1n) is 7.64. The van der Waals surface area contributed by atoms with Gasteiger partial charge in [0.25, 0.3) is 0 Å². The molecule has 0 aliphatic carbocycles. The Bertz CT molecular complexity index is 711. The van der Waals surface area contributed by atoms with Crippen LogP contribution in [0.2, 0.25) is 5.02 Å². The molecule has 124 valence electrons. The van der Waals surface area contributed by atoms with E-state index in [1.165, 1.54) is 0 Å². The van der Waals surface area contributed by atoms with Gasteiger partial charge in [-0.05, 0) is 23.4 Å². The molecule has 0 N–H and O–H groups in total. The Kier molecular flexibility index (Phi) is 8.62. The van der Waals surface area contributed by atoms with Crippen LogP contribution in [0, 0.1) is 6.42 Å². The molecule has 0 aromatic heterocycles. The van der Waals surface area contributed by atoms with E-state index in [1.54, 1.807) is 40.9 Å². The van der Waals surface area contributed by atoms with Gasteiger partial charge in [0.15, 0.2) is 0 Å². The maximum absolute atomic E-state index is 12.3. The topological polar surface area (TPSA) is 37.4 Å². The Morgan fingerprint density at radius 2 is 1.88 bits per heavy atom. The molecule has 0 bridgehead atoms. The van der Waals surface area contributed by atoms with Gasteiger partial charge in [0.2, 0.25) is 0 Å². The van der Waals surface area contributed by atoms with Gasteiger partial charge in [-0.15, -0.1) is 24.2 Å². The third-order valence-electron chi connectivity index (χ3n) is 3.97. The second-order valence-corrected chi connectivity index (χ2v) is 7.08. The van der Waals surface area contributed by atoms with E-state index in [4.69, 9.17) is 11.6 Å². The molecular weight excluding hydrogens is 479 g/mol. The summed E-state index contributed by atoms with van der Waals surface area (Å²) in [5, 5.41) is 0.561. The molecule has 1 aliphatic rings. The maximum Gasteiger partial charge on any atom is 2.00 e. The number of thioether (sulfide) groups is 1.